The predicted molar refractivity (Wildman–Crippen MR) is 104 cm³/mol. The molecule has 2 heterocycles. The smallest absolute Gasteiger partial charge is 0.276 e. The molecule has 150 valence electrons. The summed E-state index contributed by atoms with van der Waals surface area (Å²) in [4.78, 5) is 14.9. The molecule has 0 N–H and O–H groups in total. The summed E-state index contributed by atoms with van der Waals surface area (Å²) in [5, 5.41) is 3.95. The fourth-order valence-corrected chi connectivity index (χ4v) is 3.65. The second-order valence-electron chi connectivity index (χ2n) is 6.86. The van der Waals surface area contributed by atoms with Crippen molar-refractivity contribution in [2.24, 2.45) is 0 Å². The Morgan fingerprint density at radius 3 is 2.66 bits per heavy atom. The molecule has 0 aliphatic carbocycles. The van der Waals surface area contributed by atoms with Gasteiger partial charge in [0.15, 0.2) is 23.0 Å². The van der Waals surface area contributed by atoms with Crippen LogP contribution in [-0.4, -0.2) is 36.7 Å². The number of benzene rings is 2. The van der Waals surface area contributed by atoms with Gasteiger partial charge in [-0.1, -0.05) is 17.3 Å². The summed E-state index contributed by atoms with van der Waals surface area (Å²) >= 11 is 0. The van der Waals surface area contributed by atoms with E-state index >= 15 is 0 Å². The SMILES string of the molecule is COc1ccc(C2CCCN2C(=O)c2cc(-c3ccc(F)c(OC)c3)on2)cc1. The van der Waals surface area contributed by atoms with Crippen LogP contribution < -0.4 is 9.47 Å². The van der Waals surface area contributed by atoms with E-state index in [2.05, 4.69) is 5.16 Å². The molecule has 29 heavy (non-hydrogen) atoms. The Labute approximate surface area is 167 Å². The molecule has 1 amide bonds. The molecule has 4 rings (SSSR count). The molecule has 1 aromatic heterocycles. The molecule has 7 heteroatoms. The Morgan fingerprint density at radius 1 is 1.14 bits per heavy atom. The van der Waals surface area contributed by atoms with Crippen LogP contribution in [0.3, 0.4) is 0 Å². The number of halogens is 1. The Balaban J connectivity index is 1.56. The van der Waals surface area contributed by atoms with E-state index in [1.165, 1.54) is 19.2 Å². The van der Waals surface area contributed by atoms with Gasteiger partial charge in [0.25, 0.3) is 5.91 Å². The number of nitrogens with zero attached hydrogens (tertiary/aromatic N) is 2. The summed E-state index contributed by atoms with van der Waals surface area (Å²) in [6.45, 7) is 0.655. The fourth-order valence-electron chi connectivity index (χ4n) is 3.65. The summed E-state index contributed by atoms with van der Waals surface area (Å²) < 4.78 is 29.2. The normalized spacial score (nSPS) is 16.1. The summed E-state index contributed by atoms with van der Waals surface area (Å²) in [6.07, 6.45) is 1.81. The number of hydrogen-bond donors (Lipinski definition) is 0. The van der Waals surface area contributed by atoms with Crippen LogP contribution in [0.1, 0.15) is 34.9 Å². The van der Waals surface area contributed by atoms with Crippen molar-refractivity contribution in [1.29, 1.82) is 0 Å². The molecular formula is C22H21FN2O4. The Kier molecular flexibility index (Phi) is 5.20. The van der Waals surface area contributed by atoms with E-state index in [0.717, 1.165) is 24.2 Å². The van der Waals surface area contributed by atoms with Gasteiger partial charge in [-0.05, 0) is 48.7 Å². The first-order chi connectivity index (χ1) is 14.1. The second kappa shape index (κ2) is 7.95. The molecule has 0 spiro atoms. The molecule has 0 saturated carbocycles. The molecule has 1 atom stereocenters. The van der Waals surface area contributed by atoms with Crippen LogP contribution in [-0.2, 0) is 0 Å². The maximum Gasteiger partial charge on any atom is 0.276 e. The lowest BCUT2D eigenvalue weighted by Gasteiger charge is -2.24. The minimum absolute atomic E-state index is 0.0144. The minimum Gasteiger partial charge on any atom is -0.497 e. The van der Waals surface area contributed by atoms with Gasteiger partial charge in [-0.15, -0.1) is 0 Å². The van der Waals surface area contributed by atoms with Gasteiger partial charge in [0, 0.05) is 18.2 Å². The van der Waals surface area contributed by atoms with Gasteiger partial charge >= 0.3 is 0 Å². The first-order valence-corrected chi connectivity index (χ1v) is 9.36. The van der Waals surface area contributed by atoms with Gasteiger partial charge in [-0.3, -0.25) is 4.79 Å². The molecule has 1 saturated heterocycles. The summed E-state index contributed by atoms with van der Waals surface area (Å²) in [5.74, 6) is 0.608. The minimum atomic E-state index is -0.466. The monoisotopic (exact) mass is 396 g/mol. The van der Waals surface area contributed by atoms with Crippen molar-refractivity contribution in [1.82, 2.24) is 10.1 Å². The van der Waals surface area contributed by atoms with E-state index in [-0.39, 0.29) is 23.4 Å². The van der Waals surface area contributed by atoms with Crippen LogP contribution in [0.5, 0.6) is 11.5 Å². The number of likely N-dealkylation sites (tertiary alicyclic amines) is 1. The van der Waals surface area contributed by atoms with Crippen molar-refractivity contribution in [3.05, 3.63) is 65.6 Å². The maximum absolute atomic E-state index is 13.6. The van der Waals surface area contributed by atoms with Gasteiger partial charge in [-0.25, -0.2) is 4.39 Å². The fraction of sp³-hybridized carbons (Fsp3) is 0.273. The number of amides is 1. The molecule has 2 aromatic carbocycles. The zero-order valence-corrected chi connectivity index (χ0v) is 16.2. The van der Waals surface area contributed by atoms with Crippen molar-refractivity contribution in [2.45, 2.75) is 18.9 Å². The third kappa shape index (κ3) is 3.68. The van der Waals surface area contributed by atoms with Crippen LogP contribution in [0, 0.1) is 5.82 Å². The lowest BCUT2D eigenvalue weighted by molar-refractivity contribution is 0.0725. The Bertz CT molecular complexity index is 1020. The Morgan fingerprint density at radius 2 is 1.93 bits per heavy atom. The van der Waals surface area contributed by atoms with Crippen LogP contribution in [0.25, 0.3) is 11.3 Å². The van der Waals surface area contributed by atoms with Gasteiger partial charge < -0.3 is 18.9 Å². The zero-order chi connectivity index (χ0) is 20.4. The van der Waals surface area contributed by atoms with Gasteiger partial charge in [0.05, 0.1) is 20.3 Å². The Hall–Kier alpha value is -3.35. The third-order valence-electron chi connectivity index (χ3n) is 5.18. The molecule has 1 unspecified atom stereocenters. The average molecular weight is 396 g/mol. The number of methoxy groups -OCH3 is 2. The highest BCUT2D eigenvalue weighted by molar-refractivity contribution is 5.93. The van der Waals surface area contributed by atoms with E-state index in [9.17, 15) is 9.18 Å². The lowest BCUT2D eigenvalue weighted by atomic mass is 10.0. The van der Waals surface area contributed by atoms with Crippen molar-refractivity contribution in [3.8, 4) is 22.8 Å². The van der Waals surface area contributed by atoms with E-state index in [0.29, 0.717) is 17.9 Å². The average Bonchev–Trinajstić information content (AvgIpc) is 3.44. The van der Waals surface area contributed by atoms with Crippen molar-refractivity contribution < 1.29 is 23.2 Å². The largest absolute Gasteiger partial charge is 0.497 e. The van der Waals surface area contributed by atoms with Crippen molar-refractivity contribution in [2.75, 3.05) is 20.8 Å². The maximum atomic E-state index is 13.6. The highest BCUT2D eigenvalue weighted by Gasteiger charge is 2.32. The quantitative estimate of drug-likeness (QED) is 0.636. The number of hydrogen-bond acceptors (Lipinski definition) is 5. The molecule has 0 bridgehead atoms. The third-order valence-corrected chi connectivity index (χ3v) is 5.18. The molecular weight excluding hydrogens is 375 g/mol. The number of carbonyl (C=O) groups is 1. The topological polar surface area (TPSA) is 64.8 Å². The van der Waals surface area contributed by atoms with Crippen molar-refractivity contribution in [3.63, 3.8) is 0 Å². The molecule has 1 fully saturated rings. The molecule has 3 aromatic rings. The van der Waals surface area contributed by atoms with E-state index in [1.807, 2.05) is 29.2 Å². The number of aromatic nitrogens is 1. The predicted octanol–water partition coefficient (Wildman–Crippen LogP) is 4.48. The number of rotatable bonds is 5. The lowest BCUT2D eigenvalue weighted by Crippen LogP contribution is -2.30. The standard InChI is InChI=1S/C22H21FN2O4/c1-27-16-8-5-14(6-9-16)19-4-3-11-25(19)22(26)18-13-20(29-24-18)15-7-10-17(23)21(12-15)28-2/h5-10,12-13,19H,3-4,11H2,1-2H3. The summed E-state index contributed by atoms with van der Waals surface area (Å²) in [6, 6.07) is 13.7. The summed E-state index contributed by atoms with van der Waals surface area (Å²) in [7, 11) is 3.02. The van der Waals surface area contributed by atoms with Crippen LogP contribution >= 0.6 is 0 Å². The van der Waals surface area contributed by atoms with Crippen LogP contribution in [0.15, 0.2) is 53.1 Å². The highest BCUT2D eigenvalue weighted by Crippen LogP contribution is 2.34. The zero-order valence-electron chi connectivity index (χ0n) is 16.2. The first kappa shape index (κ1) is 19.0. The molecule has 6 nitrogen and oxygen atoms in total. The van der Waals surface area contributed by atoms with Gasteiger partial charge in [0.2, 0.25) is 0 Å². The van der Waals surface area contributed by atoms with Gasteiger partial charge in [0.1, 0.15) is 5.75 Å². The van der Waals surface area contributed by atoms with Crippen molar-refractivity contribution >= 4 is 5.91 Å². The highest BCUT2D eigenvalue weighted by atomic mass is 19.1. The van der Waals surface area contributed by atoms with E-state index in [1.54, 1.807) is 19.2 Å². The molecule has 1 aliphatic heterocycles. The number of ether oxygens (including phenoxy) is 2. The summed E-state index contributed by atoms with van der Waals surface area (Å²) in [5.41, 5.74) is 1.87. The van der Waals surface area contributed by atoms with Crippen LogP contribution in [0.4, 0.5) is 4.39 Å². The molecule has 0 radical (unpaired) electrons. The van der Waals surface area contributed by atoms with E-state index in [4.69, 9.17) is 14.0 Å². The number of carbonyl (C=O) groups excluding carboxylic acids is 1. The van der Waals surface area contributed by atoms with Crippen LogP contribution in [0.2, 0.25) is 0 Å². The van der Waals surface area contributed by atoms with Gasteiger partial charge in [-0.2, -0.15) is 0 Å². The van der Waals surface area contributed by atoms with E-state index < -0.39 is 5.82 Å². The first-order valence-electron chi connectivity index (χ1n) is 9.36. The second-order valence-corrected chi connectivity index (χ2v) is 6.86. The molecule has 1 aliphatic rings.